The Hall–Kier alpha value is -0.260. The highest BCUT2D eigenvalue weighted by Crippen LogP contribution is 2.04. The van der Waals surface area contributed by atoms with E-state index < -0.39 is 11.6 Å². The minimum atomic E-state index is -1.67. The number of carbonyl (C=O) groups is 1. The number of hydrogen-bond acceptors (Lipinski definition) is 4. The van der Waals surface area contributed by atoms with Gasteiger partial charge in [-0.15, -0.1) is 0 Å². The van der Waals surface area contributed by atoms with Crippen molar-refractivity contribution in [3.8, 4) is 0 Å². The Morgan fingerprint density at radius 3 is 2.64 bits per heavy atom. The predicted octanol–water partition coefficient (Wildman–Crippen LogP) is 0.411. The van der Waals surface area contributed by atoms with Gasteiger partial charge >= 0.3 is 5.97 Å². The molecule has 0 heterocycles. The van der Waals surface area contributed by atoms with Crippen molar-refractivity contribution in [2.45, 2.75) is 19.4 Å². The summed E-state index contributed by atoms with van der Waals surface area (Å²) in [5.41, 5.74) is -1.67. The topological polar surface area (TPSA) is 69.6 Å². The molecule has 5 heteroatoms. The van der Waals surface area contributed by atoms with E-state index in [0.717, 1.165) is 12.3 Å². The first-order valence-electron chi connectivity index (χ1n) is 4.55. The van der Waals surface area contributed by atoms with Crippen LogP contribution in [0.15, 0.2) is 0 Å². The Morgan fingerprint density at radius 2 is 2.21 bits per heavy atom. The molecule has 0 aliphatic rings. The molecule has 0 radical (unpaired) electrons. The van der Waals surface area contributed by atoms with E-state index in [-0.39, 0.29) is 6.54 Å². The predicted molar refractivity (Wildman–Crippen MR) is 58.7 cm³/mol. The molecule has 0 spiro atoms. The fourth-order valence-corrected chi connectivity index (χ4v) is 1.67. The van der Waals surface area contributed by atoms with Gasteiger partial charge in [0.05, 0.1) is 0 Å². The van der Waals surface area contributed by atoms with Gasteiger partial charge in [-0.1, -0.05) is 6.92 Å². The van der Waals surface area contributed by atoms with Crippen LogP contribution in [0.3, 0.4) is 0 Å². The van der Waals surface area contributed by atoms with Crippen LogP contribution in [-0.2, 0) is 4.79 Å². The normalized spacial score (nSPS) is 17.4. The number of aliphatic carboxylic acids is 1. The smallest absolute Gasteiger partial charge is 0.336 e. The van der Waals surface area contributed by atoms with Gasteiger partial charge < -0.3 is 15.5 Å². The van der Waals surface area contributed by atoms with Crippen molar-refractivity contribution < 1.29 is 15.0 Å². The van der Waals surface area contributed by atoms with E-state index in [2.05, 4.69) is 12.2 Å². The monoisotopic (exact) mass is 221 g/mol. The minimum absolute atomic E-state index is 0.0844. The molecule has 0 aliphatic heterocycles. The van der Waals surface area contributed by atoms with Crippen LogP contribution < -0.4 is 5.32 Å². The van der Waals surface area contributed by atoms with E-state index in [0.29, 0.717) is 5.92 Å². The molecule has 0 rings (SSSR count). The zero-order chi connectivity index (χ0) is 11.2. The van der Waals surface area contributed by atoms with Gasteiger partial charge in [-0.25, -0.2) is 4.79 Å². The van der Waals surface area contributed by atoms with Gasteiger partial charge in [-0.2, -0.15) is 11.8 Å². The van der Waals surface area contributed by atoms with E-state index in [9.17, 15) is 9.90 Å². The Morgan fingerprint density at radius 1 is 1.64 bits per heavy atom. The van der Waals surface area contributed by atoms with Crippen molar-refractivity contribution in [3.05, 3.63) is 0 Å². The Kier molecular flexibility index (Phi) is 6.15. The molecular weight excluding hydrogens is 202 g/mol. The van der Waals surface area contributed by atoms with Crippen molar-refractivity contribution >= 4 is 17.7 Å². The molecule has 0 fully saturated rings. The number of carboxylic acids is 1. The molecule has 2 atom stereocenters. The van der Waals surface area contributed by atoms with Crippen LogP contribution in [0.1, 0.15) is 13.8 Å². The van der Waals surface area contributed by atoms with Gasteiger partial charge in [0.2, 0.25) is 0 Å². The summed E-state index contributed by atoms with van der Waals surface area (Å²) in [6, 6.07) is 0. The van der Waals surface area contributed by atoms with Crippen LogP contribution in [-0.4, -0.2) is 46.9 Å². The Balaban J connectivity index is 3.68. The van der Waals surface area contributed by atoms with E-state index in [1.807, 2.05) is 6.26 Å². The van der Waals surface area contributed by atoms with Crippen molar-refractivity contribution in [1.29, 1.82) is 0 Å². The molecular formula is C9H19NO3S. The number of thioether (sulfide) groups is 1. The summed E-state index contributed by atoms with van der Waals surface area (Å²) in [7, 11) is 0. The lowest BCUT2D eigenvalue weighted by atomic mass is 10.1. The zero-order valence-corrected chi connectivity index (χ0v) is 9.73. The van der Waals surface area contributed by atoms with Crippen LogP contribution >= 0.6 is 11.8 Å². The second-order valence-corrected chi connectivity index (χ2v) is 4.68. The fraction of sp³-hybridized carbons (Fsp3) is 0.889. The quantitative estimate of drug-likeness (QED) is 0.581. The standard InChI is InChI=1S/C9H19NO3S/c1-7(5-14-3)4-10-6-9(2,13)8(11)12/h7,10,13H,4-6H2,1-3H3,(H,11,12). The van der Waals surface area contributed by atoms with E-state index in [4.69, 9.17) is 5.11 Å². The van der Waals surface area contributed by atoms with Crippen LogP contribution in [0.25, 0.3) is 0 Å². The lowest BCUT2D eigenvalue weighted by molar-refractivity contribution is -0.156. The second-order valence-electron chi connectivity index (χ2n) is 3.77. The molecule has 0 amide bonds. The molecule has 0 saturated heterocycles. The van der Waals surface area contributed by atoms with Crippen molar-refractivity contribution in [2.75, 3.05) is 25.1 Å². The summed E-state index contributed by atoms with van der Waals surface area (Å²) in [5, 5.41) is 20.9. The third kappa shape index (κ3) is 5.47. The summed E-state index contributed by atoms with van der Waals surface area (Å²) in [6.45, 7) is 4.19. The summed E-state index contributed by atoms with van der Waals surface area (Å²) in [4.78, 5) is 10.5. The van der Waals surface area contributed by atoms with Crippen LogP contribution in [0, 0.1) is 5.92 Å². The van der Waals surface area contributed by atoms with Gasteiger partial charge in [0.15, 0.2) is 5.60 Å². The third-order valence-corrected chi connectivity index (χ3v) is 2.78. The number of carboxylic acid groups (broad SMARTS) is 1. The van der Waals surface area contributed by atoms with Crippen LogP contribution in [0.5, 0.6) is 0 Å². The van der Waals surface area contributed by atoms with Crippen molar-refractivity contribution in [2.24, 2.45) is 5.92 Å². The molecule has 0 aliphatic carbocycles. The number of nitrogens with one attached hydrogen (secondary N) is 1. The van der Waals surface area contributed by atoms with E-state index in [1.54, 1.807) is 11.8 Å². The van der Waals surface area contributed by atoms with Gasteiger partial charge in [0, 0.05) is 6.54 Å². The SMILES string of the molecule is CSCC(C)CNCC(C)(O)C(=O)O. The van der Waals surface area contributed by atoms with Crippen LogP contribution in [0.2, 0.25) is 0 Å². The molecule has 2 unspecified atom stereocenters. The molecule has 0 bridgehead atoms. The lowest BCUT2D eigenvalue weighted by Gasteiger charge is -2.19. The number of hydrogen-bond donors (Lipinski definition) is 3. The number of rotatable bonds is 7. The van der Waals surface area contributed by atoms with Gasteiger partial charge in [0.25, 0.3) is 0 Å². The van der Waals surface area contributed by atoms with Crippen molar-refractivity contribution in [3.63, 3.8) is 0 Å². The Labute approximate surface area is 89.1 Å². The summed E-state index contributed by atoms with van der Waals surface area (Å²) in [6.07, 6.45) is 2.03. The first kappa shape index (κ1) is 13.7. The molecule has 14 heavy (non-hydrogen) atoms. The number of aliphatic hydroxyl groups is 1. The fourth-order valence-electron chi connectivity index (χ4n) is 0.981. The van der Waals surface area contributed by atoms with Crippen LogP contribution in [0.4, 0.5) is 0 Å². The molecule has 0 aromatic rings. The lowest BCUT2D eigenvalue weighted by Crippen LogP contribution is -2.45. The highest BCUT2D eigenvalue weighted by molar-refractivity contribution is 7.98. The zero-order valence-electron chi connectivity index (χ0n) is 8.91. The van der Waals surface area contributed by atoms with Gasteiger partial charge in [-0.3, -0.25) is 0 Å². The Bertz CT molecular complexity index is 185. The first-order valence-corrected chi connectivity index (χ1v) is 5.95. The molecule has 0 aromatic carbocycles. The highest BCUT2D eigenvalue weighted by Gasteiger charge is 2.29. The van der Waals surface area contributed by atoms with E-state index >= 15 is 0 Å². The third-order valence-electron chi connectivity index (χ3n) is 1.87. The molecule has 0 saturated carbocycles. The second kappa shape index (κ2) is 6.27. The molecule has 4 nitrogen and oxygen atoms in total. The maximum atomic E-state index is 10.5. The molecule has 0 aromatic heterocycles. The van der Waals surface area contributed by atoms with Gasteiger partial charge in [-0.05, 0) is 31.4 Å². The van der Waals surface area contributed by atoms with Crippen molar-refractivity contribution in [1.82, 2.24) is 5.32 Å². The summed E-state index contributed by atoms with van der Waals surface area (Å²) < 4.78 is 0. The average Bonchev–Trinajstić information content (AvgIpc) is 2.04. The molecule has 84 valence electrons. The minimum Gasteiger partial charge on any atom is -0.479 e. The first-order chi connectivity index (χ1) is 6.40. The maximum absolute atomic E-state index is 10.5. The van der Waals surface area contributed by atoms with Gasteiger partial charge in [0.1, 0.15) is 0 Å². The maximum Gasteiger partial charge on any atom is 0.336 e. The largest absolute Gasteiger partial charge is 0.479 e. The summed E-state index contributed by atoms with van der Waals surface area (Å²) in [5.74, 6) is 0.319. The average molecular weight is 221 g/mol. The summed E-state index contributed by atoms with van der Waals surface area (Å²) >= 11 is 1.76. The molecule has 3 N–H and O–H groups in total. The van der Waals surface area contributed by atoms with E-state index in [1.165, 1.54) is 6.92 Å². The highest BCUT2D eigenvalue weighted by atomic mass is 32.2.